The Kier molecular flexibility index (Phi) is 4.02. The lowest BCUT2D eigenvalue weighted by atomic mass is 9.79. The number of nitrogens with one attached hydrogen (secondary N) is 1. The number of thiazole rings is 1. The predicted octanol–water partition coefficient (Wildman–Crippen LogP) is 2.60. The molecule has 3 fully saturated rings. The lowest BCUT2D eigenvalue weighted by Gasteiger charge is -2.49. The second-order valence-corrected chi connectivity index (χ2v) is 7.80. The van der Waals surface area contributed by atoms with E-state index in [0.29, 0.717) is 17.0 Å². The Balaban J connectivity index is 1.48. The first-order valence-corrected chi connectivity index (χ1v) is 9.30. The van der Waals surface area contributed by atoms with Crippen molar-refractivity contribution in [1.29, 1.82) is 0 Å². The van der Waals surface area contributed by atoms with E-state index in [1.165, 1.54) is 24.2 Å². The molecule has 0 aliphatic carbocycles. The van der Waals surface area contributed by atoms with E-state index in [1.807, 2.05) is 24.3 Å². The molecule has 1 aromatic heterocycles. The van der Waals surface area contributed by atoms with E-state index < -0.39 is 0 Å². The maximum atomic E-state index is 12.6. The third-order valence-electron chi connectivity index (χ3n) is 5.37. The monoisotopic (exact) mass is 342 g/mol. The van der Waals surface area contributed by atoms with Crippen LogP contribution in [0.15, 0.2) is 30.5 Å². The first kappa shape index (κ1) is 15.6. The fourth-order valence-corrected chi connectivity index (χ4v) is 4.74. The number of nitrogens with two attached hydrogens (primary N) is 1. The van der Waals surface area contributed by atoms with E-state index in [1.54, 1.807) is 6.20 Å². The summed E-state index contributed by atoms with van der Waals surface area (Å²) in [7, 11) is 0. The number of nitrogen functional groups attached to an aromatic ring is 1. The van der Waals surface area contributed by atoms with Crippen LogP contribution in [0.5, 0.6) is 0 Å². The van der Waals surface area contributed by atoms with Crippen molar-refractivity contribution in [2.24, 2.45) is 5.92 Å². The van der Waals surface area contributed by atoms with Gasteiger partial charge in [0.05, 0.1) is 4.88 Å². The van der Waals surface area contributed by atoms with Gasteiger partial charge in [-0.25, -0.2) is 4.98 Å². The number of benzene rings is 1. The summed E-state index contributed by atoms with van der Waals surface area (Å²) in [5.41, 5.74) is 7.50. The third-order valence-corrected chi connectivity index (χ3v) is 6.42. The molecule has 3 saturated heterocycles. The number of nitrogens with zero attached hydrogens (tertiary/aromatic N) is 2. The first-order chi connectivity index (χ1) is 11.6. The molecule has 126 valence electrons. The van der Waals surface area contributed by atoms with Gasteiger partial charge in [0.25, 0.3) is 5.91 Å². The molecule has 3 aliphatic heterocycles. The standard InChI is InChI=1S/C18H22N4OS/c1-11-16(13-6-8-22(11)9-7-13)21-17(23)18-20-10-15(24-18)12-2-4-14(19)5-3-12/h2-5,10-11,13,16H,6-9,19H2,1H3,(H,21,23)/t11-,16-/m0/s1. The van der Waals surface area contributed by atoms with Crippen molar-refractivity contribution in [3.8, 4) is 10.4 Å². The molecule has 0 spiro atoms. The van der Waals surface area contributed by atoms with Crippen molar-refractivity contribution in [3.05, 3.63) is 35.5 Å². The Labute approximate surface area is 145 Å². The summed E-state index contributed by atoms with van der Waals surface area (Å²) in [4.78, 5) is 20.4. The molecular formula is C18H22N4OS. The van der Waals surface area contributed by atoms with Gasteiger partial charge in [0, 0.05) is 24.0 Å². The molecule has 5 nitrogen and oxygen atoms in total. The average molecular weight is 342 g/mol. The highest BCUT2D eigenvalue weighted by molar-refractivity contribution is 7.16. The molecule has 1 amide bonds. The lowest BCUT2D eigenvalue weighted by Crippen LogP contribution is -2.62. The second kappa shape index (κ2) is 6.18. The summed E-state index contributed by atoms with van der Waals surface area (Å²) in [6, 6.07) is 8.30. The van der Waals surface area contributed by atoms with Crippen molar-refractivity contribution in [2.45, 2.75) is 31.8 Å². The normalized spacial score (nSPS) is 28.7. The van der Waals surface area contributed by atoms with Gasteiger partial charge in [-0.05, 0) is 56.5 Å². The SMILES string of the molecule is C[C@H]1[C@H](NC(=O)c2ncc(-c3ccc(N)cc3)s2)C2CCN1CC2. The Bertz CT molecular complexity index is 732. The molecule has 0 unspecified atom stereocenters. The highest BCUT2D eigenvalue weighted by atomic mass is 32.1. The van der Waals surface area contributed by atoms with Gasteiger partial charge in [-0.3, -0.25) is 9.69 Å². The highest BCUT2D eigenvalue weighted by Crippen LogP contribution is 2.33. The largest absolute Gasteiger partial charge is 0.399 e. The Hall–Kier alpha value is -1.92. The van der Waals surface area contributed by atoms with Crippen LogP contribution in [0.3, 0.4) is 0 Å². The molecule has 0 radical (unpaired) electrons. The fourth-order valence-electron chi connectivity index (χ4n) is 3.92. The molecule has 3 N–H and O–H groups in total. The minimum atomic E-state index is -0.0488. The highest BCUT2D eigenvalue weighted by Gasteiger charge is 2.40. The average Bonchev–Trinajstić information content (AvgIpc) is 3.09. The molecule has 2 aromatic rings. The van der Waals surface area contributed by atoms with Gasteiger partial charge in [0.1, 0.15) is 0 Å². The maximum Gasteiger partial charge on any atom is 0.280 e. The van der Waals surface area contributed by atoms with Crippen molar-refractivity contribution in [2.75, 3.05) is 18.8 Å². The molecule has 6 heteroatoms. The smallest absolute Gasteiger partial charge is 0.280 e. The Morgan fingerprint density at radius 2 is 2.00 bits per heavy atom. The van der Waals surface area contributed by atoms with E-state index in [9.17, 15) is 4.79 Å². The summed E-state index contributed by atoms with van der Waals surface area (Å²) in [5, 5.41) is 3.77. The number of rotatable bonds is 3. The van der Waals surface area contributed by atoms with Crippen molar-refractivity contribution >= 4 is 22.9 Å². The number of carbonyl (C=O) groups excluding carboxylic acids is 1. The number of aromatic nitrogens is 1. The predicted molar refractivity (Wildman–Crippen MR) is 97.0 cm³/mol. The van der Waals surface area contributed by atoms with Crippen LogP contribution in [0, 0.1) is 5.92 Å². The summed E-state index contributed by atoms with van der Waals surface area (Å²) >= 11 is 1.43. The molecule has 0 saturated carbocycles. The zero-order valence-electron chi connectivity index (χ0n) is 13.7. The van der Waals surface area contributed by atoms with Gasteiger partial charge in [0.15, 0.2) is 5.01 Å². The number of amides is 1. The van der Waals surface area contributed by atoms with Crippen LogP contribution in [0.4, 0.5) is 5.69 Å². The van der Waals surface area contributed by atoms with Crippen LogP contribution in [-0.2, 0) is 0 Å². The minimum Gasteiger partial charge on any atom is -0.399 e. The van der Waals surface area contributed by atoms with E-state index in [2.05, 4.69) is 22.1 Å². The Morgan fingerprint density at radius 1 is 1.29 bits per heavy atom. The van der Waals surface area contributed by atoms with Crippen molar-refractivity contribution in [3.63, 3.8) is 0 Å². The van der Waals surface area contributed by atoms with Crippen LogP contribution in [0.2, 0.25) is 0 Å². The van der Waals surface area contributed by atoms with Gasteiger partial charge in [-0.1, -0.05) is 12.1 Å². The van der Waals surface area contributed by atoms with Crippen LogP contribution in [0.25, 0.3) is 10.4 Å². The van der Waals surface area contributed by atoms with E-state index in [-0.39, 0.29) is 11.9 Å². The number of fused-ring (bicyclic) bond motifs is 3. The third kappa shape index (κ3) is 2.80. The van der Waals surface area contributed by atoms with Crippen LogP contribution < -0.4 is 11.1 Å². The topological polar surface area (TPSA) is 71.2 Å². The van der Waals surface area contributed by atoms with Gasteiger partial charge in [-0.2, -0.15) is 0 Å². The van der Waals surface area contributed by atoms with Crippen molar-refractivity contribution < 1.29 is 4.79 Å². The number of piperidine rings is 3. The van der Waals surface area contributed by atoms with E-state index in [4.69, 9.17) is 5.73 Å². The molecule has 24 heavy (non-hydrogen) atoms. The summed E-state index contributed by atoms with van der Waals surface area (Å²) < 4.78 is 0. The molecule has 1 aromatic carbocycles. The van der Waals surface area contributed by atoms with Gasteiger partial charge < -0.3 is 11.1 Å². The van der Waals surface area contributed by atoms with Crippen LogP contribution in [0.1, 0.15) is 29.6 Å². The summed E-state index contributed by atoms with van der Waals surface area (Å²) in [6.07, 6.45) is 4.14. The molecule has 3 aliphatic rings. The zero-order chi connectivity index (χ0) is 16.7. The van der Waals surface area contributed by atoms with Gasteiger partial charge in [0.2, 0.25) is 0 Å². The van der Waals surface area contributed by atoms with Gasteiger partial charge in [-0.15, -0.1) is 11.3 Å². The first-order valence-electron chi connectivity index (χ1n) is 8.48. The van der Waals surface area contributed by atoms with E-state index in [0.717, 1.165) is 29.2 Å². The van der Waals surface area contributed by atoms with Crippen LogP contribution in [-0.4, -0.2) is 41.0 Å². The second-order valence-electron chi connectivity index (χ2n) is 6.76. The summed E-state index contributed by atoms with van der Waals surface area (Å²) in [5.74, 6) is 0.553. The van der Waals surface area contributed by atoms with E-state index >= 15 is 0 Å². The van der Waals surface area contributed by atoms with Gasteiger partial charge >= 0.3 is 0 Å². The lowest BCUT2D eigenvalue weighted by molar-refractivity contribution is 0.0217. The number of carbonyl (C=O) groups is 1. The molecule has 2 bridgehead atoms. The number of hydrogen-bond acceptors (Lipinski definition) is 5. The molecule has 4 heterocycles. The zero-order valence-corrected chi connectivity index (χ0v) is 14.6. The number of hydrogen-bond donors (Lipinski definition) is 2. The minimum absolute atomic E-state index is 0.0488. The molecule has 5 rings (SSSR count). The maximum absolute atomic E-state index is 12.6. The number of anilines is 1. The molecular weight excluding hydrogens is 320 g/mol. The summed E-state index contributed by atoms with van der Waals surface area (Å²) in [6.45, 7) is 4.55. The Morgan fingerprint density at radius 3 is 2.67 bits per heavy atom. The van der Waals surface area contributed by atoms with Crippen LogP contribution >= 0.6 is 11.3 Å². The fraction of sp³-hybridized carbons (Fsp3) is 0.444. The quantitative estimate of drug-likeness (QED) is 0.841. The molecule has 2 atom stereocenters. The van der Waals surface area contributed by atoms with Crippen molar-refractivity contribution in [1.82, 2.24) is 15.2 Å².